The number of aliphatic carboxylic acids is 2. The summed E-state index contributed by atoms with van der Waals surface area (Å²) in [6.07, 6.45) is 0.308. The van der Waals surface area contributed by atoms with Crippen LogP contribution < -0.4 is 0 Å². The maximum Gasteiger partial charge on any atom is 0.318 e. The molecule has 0 amide bonds. The molecule has 1 aromatic carbocycles. The third-order valence-electron chi connectivity index (χ3n) is 2.27. The molecule has 0 unspecified atom stereocenters. The van der Waals surface area contributed by atoms with Gasteiger partial charge in [-0.3, -0.25) is 9.59 Å². The van der Waals surface area contributed by atoms with Gasteiger partial charge in [-0.25, -0.2) is 0 Å². The molecular weight excluding hydrogens is 240 g/mol. The summed E-state index contributed by atoms with van der Waals surface area (Å²) < 4.78 is 0. The highest BCUT2D eigenvalue weighted by molar-refractivity contribution is 7.80. The molecule has 0 heterocycles. The molecule has 0 aromatic heterocycles. The van der Waals surface area contributed by atoms with Crippen molar-refractivity contribution in [2.24, 2.45) is 5.92 Å². The highest BCUT2D eigenvalue weighted by Crippen LogP contribution is 2.10. The predicted octanol–water partition coefficient (Wildman–Crippen LogP) is 1.77. The Hall–Kier alpha value is -1.75. The van der Waals surface area contributed by atoms with Crippen molar-refractivity contribution in [3.8, 4) is 0 Å². The minimum atomic E-state index is -1.45. The molecule has 0 saturated heterocycles. The lowest BCUT2D eigenvalue weighted by Gasteiger charge is -2.08. The summed E-state index contributed by atoms with van der Waals surface area (Å²) in [6.45, 7) is 0. The van der Waals surface area contributed by atoms with Crippen LogP contribution in [0.2, 0.25) is 0 Å². The molecule has 1 aromatic rings. The van der Waals surface area contributed by atoms with Gasteiger partial charge in [0.25, 0.3) is 0 Å². The van der Waals surface area contributed by atoms with E-state index in [4.69, 9.17) is 22.4 Å². The highest BCUT2D eigenvalue weighted by atomic mass is 32.1. The SMILES string of the molecule is O=C(O)C(CC(=S)Cc1ccccc1)C(=O)O. The fourth-order valence-electron chi connectivity index (χ4n) is 1.40. The summed E-state index contributed by atoms with van der Waals surface area (Å²) >= 11 is 5.02. The Morgan fingerprint density at radius 3 is 2.12 bits per heavy atom. The normalized spacial score (nSPS) is 10.2. The van der Waals surface area contributed by atoms with Gasteiger partial charge >= 0.3 is 11.9 Å². The molecule has 0 radical (unpaired) electrons. The molecule has 17 heavy (non-hydrogen) atoms. The van der Waals surface area contributed by atoms with Crippen LogP contribution in [0, 0.1) is 5.92 Å². The van der Waals surface area contributed by atoms with Crippen molar-refractivity contribution in [3.63, 3.8) is 0 Å². The number of carboxylic acids is 2. The van der Waals surface area contributed by atoms with Crippen molar-refractivity contribution < 1.29 is 19.8 Å². The Kier molecular flexibility index (Phi) is 4.78. The largest absolute Gasteiger partial charge is 0.481 e. The first-order valence-electron chi connectivity index (χ1n) is 5.02. The lowest BCUT2D eigenvalue weighted by Crippen LogP contribution is -2.26. The van der Waals surface area contributed by atoms with E-state index in [9.17, 15) is 9.59 Å². The first-order valence-corrected chi connectivity index (χ1v) is 5.42. The summed E-state index contributed by atoms with van der Waals surface area (Å²) in [7, 11) is 0. The van der Waals surface area contributed by atoms with Crippen molar-refractivity contribution in [2.45, 2.75) is 12.8 Å². The third-order valence-corrected chi connectivity index (χ3v) is 2.58. The lowest BCUT2D eigenvalue weighted by molar-refractivity contribution is -0.154. The van der Waals surface area contributed by atoms with E-state index in [2.05, 4.69) is 0 Å². The van der Waals surface area contributed by atoms with Crippen LogP contribution in [0.3, 0.4) is 0 Å². The van der Waals surface area contributed by atoms with Crippen molar-refractivity contribution in [1.29, 1.82) is 0 Å². The Labute approximate surface area is 104 Å². The van der Waals surface area contributed by atoms with E-state index >= 15 is 0 Å². The quantitative estimate of drug-likeness (QED) is 0.596. The molecule has 0 saturated carbocycles. The minimum Gasteiger partial charge on any atom is -0.481 e. The topological polar surface area (TPSA) is 74.6 Å². The lowest BCUT2D eigenvalue weighted by atomic mass is 9.99. The second kappa shape index (κ2) is 6.10. The monoisotopic (exact) mass is 252 g/mol. The van der Waals surface area contributed by atoms with Gasteiger partial charge in [-0.1, -0.05) is 42.5 Å². The minimum absolute atomic E-state index is 0.116. The fourth-order valence-corrected chi connectivity index (χ4v) is 1.74. The molecule has 0 fully saturated rings. The summed E-state index contributed by atoms with van der Waals surface area (Å²) in [5, 5.41) is 17.4. The van der Waals surface area contributed by atoms with Gasteiger partial charge in [-0.2, -0.15) is 0 Å². The van der Waals surface area contributed by atoms with Gasteiger partial charge in [0.2, 0.25) is 0 Å². The first-order chi connectivity index (χ1) is 8.00. The maximum absolute atomic E-state index is 10.7. The number of benzene rings is 1. The van der Waals surface area contributed by atoms with E-state index in [1.807, 2.05) is 30.3 Å². The van der Waals surface area contributed by atoms with Gasteiger partial charge in [0, 0.05) is 12.8 Å². The molecule has 4 nitrogen and oxygen atoms in total. The average Bonchev–Trinajstić information content (AvgIpc) is 2.26. The zero-order valence-corrected chi connectivity index (χ0v) is 9.81. The molecule has 0 atom stereocenters. The average molecular weight is 252 g/mol. The third kappa shape index (κ3) is 4.32. The summed E-state index contributed by atoms with van der Waals surface area (Å²) in [5.74, 6) is -4.16. The molecular formula is C12H12O4S. The molecule has 90 valence electrons. The summed E-state index contributed by atoms with van der Waals surface area (Å²) in [4.78, 5) is 21.8. The zero-order valence-electron chi connectivity index (χ0n) is 9.00. The molecule has 5 heteroatoms. The highest BCUT2D eigenvalue weighted by Gasteiger charge is 2.26. The number of carbonyl (C=O) groups is 2. The summed E-state index contributed by atoms with van der Waals surface area (Å²) in [6, 6.07) is 9.29. The molecule has 0 aliphatic carbocycles. The Morgan fingerprint density at radius 1 is 1.12 bits per heavy atom. The van der Waals surface area contributed by atoms with Crippen LogP contribution in [0.4, 0.5) is 0 Å². The molecule has 2 N–H and O–H groups in total. The Balaban J connectivity index is 2.60. The van der Waals surface area contributed by atoms with Gasteiger partial charge < -0.3 is 10.2 Å². The van der Waals surface area contributed by atoms with E-state index in [0.717, 1.165) is 5.56 Å². The second-order valence-corrected chi connectivity index (χ2v) is 4.21. The van der Waals surface area contributed by atoms with Crippen molar-refractivity contribution in [2.75, 3.05) is 0 Å². The van der Waals surface area contributed by atoms with Crippen LogP contribution in [0.25, 0.3) is 0 Å². The molecule has 0 aliphatic rings. The molecule has 0 bridgehead atoms. The fraction of sp³-hybridized carbons (Fsp3) is 0.250. The van der Waals surface area contributed by atoms with Crippen LogP contribution in [-0.4, -0.2) is 27.0 Å². The van der Waals surface area contributed by atoms with E-state index in [1.54, 1.807) is 0 Å². The van der Waals surface area contributed by atoms with Gasteiger partial charge in [0.15, 0.2) is 5.92 Å². The Bertz CT molecular complexity index is 413. The zero-order chi connectivity index (χ0) is 12.8. The van der Waals surface area contributed by atoms with E-state index in [-0.39, 0.29) is 6.42 Å². The van der Waals surface area contributed by atoms with Gasteiger partial charge in [-0.05, 0) is 10.4 Å². The summed E-state index contributed by atoms with van der Waals surface area (Å²) in [5.41, 5.74) is 0.951. The number of rotatable bonds is 6. The Morgan fingerprint density at radius 2 is 1.65 bits per heavy atom. The van der Waals surface area contributed by atoms with Crippen LogP contribution >= 0.6 is 12.2 Å². The van der Waals surface area contributed by atoms with Crippen LogP contribution in [-0.2, 0) is 16.0 Å². The number of thiocarbonyl (C=S) groups is 1. The number of hydrogen-bond acceptors (Lipinski definition) is 3. The van der Waals surface area contributed by atoms with Crippen molar-refractivity contribution >= 4 is 29.0 Å². The van der Waals surface area contributed by atoms with Crippen LogP contribution in [0.5, 0.6) is 0 Å². The molecule has 1 rings (SSSR count). The van der Waals surface area contributed by atoms with E-state index < -0.39 is 17.9 Å². The smallest absolute Gasteiger partial charge is 0.318 e. The second-order valence-electron chi connectivity index (χ2n) is 3.63. The first kappa shape index (κ1) is 13.3. The van der Waals surface area contributed by atoms with Crippen LogP contribution in [0.1, 0.15) is 12.0 Å². The van der Waals surface area contributed by atoms with Crippen LogP contribution in [0.15, 0.2) is 30.3 Å². The number of carboxylic acid groups (broad SMARTS) is 2. The van der Waals surface area contributed by atoms with Gasteiger partial charge in [-0.15, -0.1) is 0 Å². The predicted molar refractivity (Wildman–Crippen MR) is 66.1 cm³/mol. The van der Waals surface area contributed by atoms with Gasteiger partial charge in [0.1, 0.15) is 0 Å². The number of hydrogen-bond donors (Lipinski definition) is 2. The van der Waals surface area contributed by atoms with Crippen molar-refractivity contribution in [1.82, 2.24) is 0 Å². The van der Waals surface area contributed by atoms with E-state index in [0.29, 0.717) is 11.3 Å². The van der Waals surface area contributed by atoms with Gasteiger partial charge in [0.05, 0.1) is 0 Å². The van der Waals surface area contributed by atoms with E-state index in [1.165, 1.54) is 0 Å². The molecule has 0 spiro atoms. The molecule has 0 aliphatic heterocycles. The maximum atomic E-state index is 10.7. The van der Waals surface area contributed by atoms with Crippen molar-refractivity contribution in [3.05, 3.63) is 35.9 Å². The standard InChI is InChI=1S/C12H12O4S/c13-11(14)10(12(15)16)7-9(17)6-8-4-2-1-3-5-8/h1-5,10H,6-7H2,(H,13,14)(H,15,16).